The van der Waals surface area contributed by atoms with Crippen LogP contribution < -0.4 is 0 Å². The molecule has 4 nitrogen and oxygen atoms in total. The van der Waals surface area contributed by atoms with Gasteiger partial charge in [-0.1, -0.05) is 15.9 Å². The molecule has 0 aromatic carbocycles. The molecule has 0 spiro atoms. The molecule has 0 radical (unpaired) electrons. The highest BCUT2D eigenvalue weighted by atomic mass is 79.9. The molecule has 0 aliphatic carbocycles. The van der Waals surface area contributed by atoms with Crippen LogP contribution in [-0.2, 0) is 14.8 Å². The van der Waals surface area contributed by atoms with Crippen molar-refractivity contribution >= 4 is 26.0 Å². The highest BCUT2D eigenvalue weighted by molar-refractivity contribution is 9.09. The smallest absolute Gasteiger partial charge is 0.213 e. The Hall–Kier alpha value is 0.350. The van der Waals surface area contributed by atoms with Crippen LogP contribution in [0.4, 0.5) is 0 Å². The standard InChI is InChI=1S/C9H18BrNO3S/c1-2-15(12,13)11-6-3-9(4-7-11)14-8-5-10/h9H,2-8H2,1H3. The lowest BCUT2D eigenvalue weighted by atomic mass is 10.1. The molecule has 0 unspecified atom stereocenters. The maximum atomic E-state index is 11.6. The van der Waals surface area contributed by atoms with Crippen LogP contribution in [0.5, 0.6) is 0 Å². The van der Waals surface area contributed by atoms with Crippen LogP contribution >= 0.6 is 15.9 Å². The topological polar surface area (TPSA) is 46.6 Å². The van der Waals surface area contributed by atoms with Gasteiger partial charge >= 0.3 is 0 Å². The third-order valence-corrected chi connectivity index (χ3v) is 4.80. The quantitative estimate of drug-likeness (QED) is 0.717. The van der Waals surface area contributed by atoms with E-state index in [-0.39, 0.29) is 11.9 Å². The van der Waals surface area contributed by atoms with E-state index in [0.29, 0.717) is 19.7 Å². The Morgan fingerprint density at radius 3 is 2.47 bits per heavy atom. The number of hydrogen-bond donors (Lipinski definition) is 0. The Kier molecular flexibility index (Phi) is 5.52. The zero-order valence-electron chi connectivity index (χ0n) is 8.99. The fourth-order valence-electron chi connectivity index (χ4n) is 1.67. The maximum Gasteiger partial charge on any atom is 0.213 e. The molecule has 0 aromatic rings. The molecular formula is C9H18BrNO3S. The lowest BCUT2D eigenvalue weighted by Gasteiger charge is -2.30. The van der Waals surface area contributed by atoms with Crippen molar-refractivity contribution in [1.82, 2.24) is 4.31 Å². The van der Waals surface area contributed by atoms with E-state index in [4.69, 9.17) is 4.74 Å². The van der Waals surface area contributed by atoms with Gasteiger partial charge in [-0.3, -0.25) is 0 Å². The van der Waals surface area contributed by atoms with Gasteiger partial charge in [0, 0.05) is 18.4 Å². The molecule has 0 saturated carbocycles. The van der Waals surface area contributed by atoms with Crippen molar-refractivity contribution in [2.45, 2.75) is 25.9 Å². The Morgan fingerprint density at radius 1 is 1.40 bits per heavy atom. The monoisotopic (exact) mass is 299 g/mol. The fourth-order valence-corrected chi connectivity index (χ4v) is 2.99. The summed E-state index contributed by atoms with van der Waals surface area (Å²) in [6.07, 6.45) is 1.85. The second kappa shape index (κ2) is 6.18. The molecule has 0 aromatic heterocycles. The third kappa shape index (κ3) is 4.01. The van der Waals surface area contributed by atoms with Crippen LogP contribution in [0.3, 0.4) is 0 Å². The first-order valence-electron chi connectivity index (χ1n) is 5.25. The van der Waals surface area contributed by atoms with Gasteiger partial charge in [-0.05, 0) is 19.8 Å². The Labute approximate surface area is 100 Å². The first-order chi connectivity index (χ1) is 7.10. The second-order valence-corrected chi connectivity index (χ2v) is 6.61. The Bertz CT molecular complexity index is 273. The van der Waals surface area contributed by atoms with E-state index in [2.05, 4.69) is 15.9 Å². The number of hydrogen-bond acceptors (Lipinski definition) is 3. The van der Waals surface area contributed by atoms with Crippen LogP contribution in [0.15, 0.2) is 0 Å². The van der Waals surface area contributed by atoms with Crippen LogP contribution in [0, 0.1) is 0 Å². The second-order valence-electron chi connectivity index (χ2n) is 3.56. The van der Waals surface area contributed by atoms with Crippen molar-refractivity contribution in [3.63, 3.8) is 0 Å². The predicted molar refractivity (Wildman–Crippen MR) is 63.8 cm³/mol. The van der Waals surface area contributed by atoms with Gasteiger partial charge in [0.2, 0.25) is 10.0 Å². The maximum absolute atomic E-state index is 11.6. The minimum Gasteiger partial charge on any atom is -0.377 e. The Balaban J connectivity index is 2.36. The van der Waals surface area contributed by atoms with Gasteiger partial charge in [0.1, 0.15) is 0 Å². The SMILES string of the molecule is CCS(=O)(=O)N1CCC(OCCBr)CC1. The Morgan fingerprint density at radius 2 is 2.00 bits per heavy atom. The average molecular weight is 300 g/mol. The van der Waals surface area contributed by atoms with E-state index in [0.717, 1.165) is 18.2 Å². The van der Waals surface area contributed by atoms with Crippen molar-refractivity contribution in [3.8, 4) is 0 Å². The van der Waals surface area contributed by atoms with Crippen LogP contribution in [-0.4, -0.2) is 49.6 Å². The largest absolute Gasteiger partial charge is 0.377 e. The zero-order valence-corrected chi connectivity index (χ0v) is 11.4. The van der Waals surface area contributed by atoms with Crippen molar-refractivity contribution in [2.24, 2.45) is 0 Å². The summed E-state index contributed by atoms with van der Waals surface area (Å²) in [5.41, 5.74) is 0. The summed E-state index contributed by atoms with van der Waals surface area (Å²) in [5.74, 6) is 0.194. The normalized spacial score (nSPS) is 20.7. The minimum absolute atomic E-state index is 0.194. The first-order valence-corrected chi connectivity index (χ1v) is 7.98. The van der Waals surface area contributed by atoms with Gasteiger partial charge in [-0.25, -0.2) is 12.7 Å². The molecule has 0 bridgehead atoms. The zero-order chi connectivity index (χ0) is 11.3. The number of ether oxygens (including phenoxy) is 1. The fraction of sp³-hybridized carbons (Fsp3) is 1.00. The summed E-state index contributed by atoms with van der Waals surface area (Å²) < 4.78 is 30.2. The summed E-state index contributed by atoms with van der Waals surface area (Å²) in [5, 5.41) is 0.834. The summed E-state index contributed by atoms with van der Waals surface area (Å²) >= 11 is 3.30. The van der Waals surface area contributed by atoms with E-state index in [1.807, 2.05) is 0 Å². The molecule has 1 fully saturated rings. The first kappa shape index (κ1) is 13.4. The summed E-state index contributed by atoms with van der Waals surface area (Å²) in [6.45, 7) is 3.58. The molecule has 15 heavy (non-hydrogen) atoms. The number of alkyl halides is 1. The van der Waals surface area contributed by atoms with Crippen molar-refractivity contribution < 1.29 is 13.2 Å². The summed E-state index contributed by atoms with van der Waals surface area (Å²) in [6, 6.07) is 0. The lowest BCUT2D eigenvalue weighted by molar-refractivity contribution is 0.0309. The molecule has 6 heteroatoms. The van der Waals surface area contributed by atoms with Crippen LogP contribution in [0.2, 0.25) is 0 Å². The molecule has 1 aliphatic rings. The van der Waals surface area contributed by atoms with Crippen LogP contribution in [0.25, 0.3) is 0 Å². The summed E-state index contributed by atoms with van der Waals surface area (Å²) in [4.78, 5) is 0. The number of rotatable bonds is 5. The van der Waals surface area contributed by atoms with E-state index in [1.165, 1.54) is 0 Å². The molecule has 1 heterocycles. The predicted octanol–water partition coefficient (Wildman–Crippen LogP) is 1.21. The van der Waals surface area contributed by atoms with Gasteiger partial charge in [0.15, 0.2) is 0 Å². The van der Waals surface area contributed by atoms with Crippen molar-refractivity contribution in [3.05, 3.63) is 0 Å². The molecule has 1 aliphatic heterocycles. The van der Waals surface area contributed by atoms with Crippen molar-refractivity contribution in [2.75, 3.05) is 30.8 Å². The average Bonchev–Trinajstić information content (AvgIpc) is 2.27. The molecular weight excluding hydrogens is 282 g/mol. The van der Waals surface area contributed by atoms with Gasteiger partial charge in [0.05, 0.1) is 18.5 Å². The van der Waals surface area contributed by atoms with Gasteiger partial charge < -0.3 is 4.74 Å². The van der Waals surface area contributed by atoms with Gasteiger partial charge in [0.25, 0.3) is 0 Å². The highest BCUT2D eigenvalue weighted by Crippen LogP contribution is 2.16. The number of halogens is 1. The molecule has 0 N–H and O–H groups in total. The van der Waals surface area contributed by atoms with E-state index >= 15 is 0 Å². The molecule has 0 amide bonds. The van der Waals surface area contributed by atoms with E-state index in [1.54, 1.807) is 11.2 Å². The molecule has 1 saturated heterocycles. The third-order valence-electron chi connectivity index (χ3n) is 2.59. The van der Waals surface area contributed by atoms with E-state index in [9.17, 15) is 8.42 Å². The van der Waals surface area contributed by atoms with Gasteiger partial charge in [-0.2, -0.15) is 0 Å². The molecule has 0 atom stereocenters. The van der Waals surface area contributed by atoms with Crippen LogP contribution in [0.1, 0.15) is 19.8 Å². The lowest BCUT2D eigenvalue weighted by Crippen LogP contribution is -2.41. The summed E-state index contributed by atoms with van der Waals surface area (Å²) in [7, 11) is -3.00. The van der Waals surface area contributed by atoms with E-state index < -0.39 is 10.0 Å². The number of sulfonamides is 1. The molecule has 1 rings (SSSR count). The number of piperidine rings is 1. The molecule has 90 valence electrons. The van der Waals surface area contributed by atoms with Gasteiger partial charge in [-0.15, -0.1) is 0 Å². The van der Waals surface area contributed by atoms with Crippen molar-refractivity contribution in [1.29, 1.82) is 0 Å². The highest BCUT2D eigenvalue weighted by Gasteiger charge is 2.26. The minimum atomic E-state index is -3.00. The number of nitrogens with zero attached hydrogens (tertiary/aromatic N) is 1.